The summed E-state index contributed by atoms with van der Waals surface area (Å²) in [6.07, 6.45) is 0.531. The smallest absolute Gasteiger partial charge is 0.399 e. The van der Waals surface area contributed by atoms with Gasteiger partial charge in [-0.05, 0) is 38.0 Å². The van der Waals surface area contributed by atoms with E-state index in [9.17, 15) is 18.0 Å². The number of hydrogen-bond acceptors (Lipinski definition) is 5. The minimum absolute atomic E-state index is 0.243. The molecule has 0 aromatic heterocycles. The second-order valence-corrected chi connectivity index (χ2v) is 7.58. The number of benzene rings is 1. The van der Waals surface area contributed by atoms with Gasteiger partial charge in [0.2, 0.25) is 5.91 Å². The minimum Gasteiger partial charge on any atom is -0.399 e. The Bertz CT molecular complexity index is 876. The van der Waals surface area contributed by atoms with E-state index in [4.69, 9.17) is 0 Å². The fourth-order valence-corrected chi connectivity index (χ4v) is 3.86. The van der Waals surface area contributed by atoms with Crippen LogP contribution in [0.3, 0.4) is 0 Å². The van der Waals surface area contributed by atoms with Crippen LogP contribution in [0, 0.1) is 0 Å². The summed E-state index contributed by atoms with van der Waals surface area (Å²) in [5, 5.41) is 5.24. The van der Waals surface area contributed by atoms with Gasteiger partial charge in [0.05, 0.1) is 11.3 Å². The molecule has 0 fully saturated rings. The molecular formula is C20H22F3N3O2S. The first-order chi connectivity index (χ1) is 13.7. The average Bonchev–Trinajstić information content (AvgIpc) is 3.07. The van der Waals surface area contributed by atoms with Crippen LogP contribution in [0.15, 0.2) is 52.3 Å². The van der Waals surface area contributed by atoms with Crippen molar-refractivity contribution < 1.29 is 22.8 Å². The van der Waals surface area contributed by atoms with Gasteiger partial charge < -0.3 is 10.2 Å². The van der Waals surface area contributed by atoms with Gasteiger partial charge in [-0.2, -0.15) is 13.2 Å². The summed E-state index contributed by atoms with van der Waals surface area (Å²) in [5.74, 6) is -0.727. The molecule has 0 saturated carbocycles. The molecule has 1 aromatic rings. The van der Waals surface area contributed by atoms with Crippen molar-refractivity contribution in [1.82, 2.24) is 5.32 Å². The molecule has 5 nitrogen and oxygen atoms in total. The van der Waals surface area contributed by atoms with E-state index in [1.165, 1.54) is 20.2 Å². The van der Waals surface area contributed by atoms with Gasteiger partial charge in [-0.3, -0.25) is 9.79 Å². The molecule has 29 heavy (non-hydrogen) atoms. The van der Waals surface area contributed by atoms with Gasteiger partial charge in [0, 0.05) is 11.3 Å². The number of rotatable bonds is 6. The Kier molecular flexibility index (Phi) is 7.66. The van der Waals surface area contributed by atoms with Gasteiger partial charge in [0.1, 0.15) is 12.4 Å². The number of hydrogen-bond donors (Lipinski definition) is 1. The molecule has 1 N–H and O–H groups in total. The van der Waals surface area contributed by atoms with E-state index >= 15 is 0 Å². The second-order valence-electron chi connectivity index (χ2n) is 6.24. The number of oxime groups is 1. The lowest BCUT2D eigenvalue weighted by molar-refractivity contribution is -0.151. The van der Waals surface area contributed by atoms with Crippen molar-refractivity contribution in [3.63, 3.8) is 0 Å². The zero-order chi connectivity index (χ0) is 21.6. The first-order valence-electron chi connectivity index (χ1n) is 8.76. The van der Waals surface area contributed by atoms with Gasteiger partial charge in [-0.15, -0.1) is 0 Å². The van der Waals surface area contributed by atoms with E-state index in [1.54, 1.807) is 19.1 Å². The number of aliphatic imine (C=N–C) groups is 1. The summed E-state index contributed by atoms with van der Waals surface area (Å²) in [7, 11) is 1.44. The summed E-state index contributed by atoms with van der Waals surface area (Å²) in [4.78, 5) is 20.9. The number of nitrogens with one attached hydrogen (secondary N) is 1. The van der Waals surface area contributed by atoms with Crippen LogP contribution >= 0.6 is 11.8 Å². The number of allylic oxidation sites excluding steroid dienone is 4. The molecule has 1 amide bonds. The molecule has 1 aromatic carbocycles. The topological polar surface area (TPSA) is 63.0 Å². The lowest BCUT2D eigenvalue weighted by Gasteiger charge is -2.20. The summed E-state index contributed by atoms with van der Waals surface area (Å²) < 4.78 is 39.7. The normalized spacial score (nSPS) is 20.7. The van der Waals surface area contributed by atoms with Gasteiger partial charge in [-0.1, -0.05) is 47.3 Å². The molecule has 0 radical (unpaired) electrons. The third-order valence-corrected chi connectivity index (χ3v) is 5.22. The highest BCUT2D eigenvalue weighted by molar-refractivity contribution is 8.15. The first kappa shape index (κ1) is 22.7. The number of amides is 1. The third-order valence-electron chi connectivity index (χ3n) is 4.05. The van der Waals surface area contributed by atoms with Crippen LogP contribution in [0.4, 0.5) is 13.2 Å². The van der Waals surface area contributed by atoms with Crippen LogP contribution < -0.4 is 5.32 Å². The predicted octanol–water partition coefficient (Wildman–Crippen LogP) is 4.55. The summed E-state index contributed by atoms with van der Waals surface area (Å²) in [6, 6.07) is 5.28. The van der Waals surface area contributed by atoms with Crippen molar-refractivity contribution in [2.24, 2.45) is 10.1 Å². The monoisotopic (exact) mass is 425 g/mol. The Labute approximate surface area is 171 Å². The largest absolute Gasteiger partial charge is 0.412 e. The average molecular weight is 425 g/mol. The molecule has 156 valence electrons. The molecule has 1 aliphatic heterocycles. The van der Waals surface area contributed by atoms with Crippen LogP contribution in [0.25, 0.3) is 5.57 Å². The number of nitrogens with zero attached hydrogens (tertiary/aromatic N) is 2. The molecule has 0 bridgehead atoms. The standard InChI is InChI=1S/C20H22F3N3O2S/c1-5-7-16(15-9-6-8-14(10-15)11-24-28-4)12(2)25-19(27)17-18(20(21,22)23)26-13(3)29-17/h5-11,17-18H,1-4H3,(H,25,27)/b7-5-,16-12-,24-11+. The zero-order valence-electron chi connectivity index (χ0n) is 16.4. The molecule has 1 aliphatic rings. The summed E-state index contributed by atoms with van der Waals surface area (Å²) >= 11 is 0.829. The van der Waals surface area contributed by atoms with Gasteiger partial charge >= 0.3 is 6.18 Å². The number of carbonyl (C=O) groups excluding carboxylic acids is 1. The highest BCUT2D eigenvalue weighted by Crippen LogP contribution is 2.37. The number of carbonyl (C=O) groups is 1. The van der Waals surface area contributed by atoms with Gasteiger partial charge in [0.25, 0.3) is 0 Å². The lowest BCUT2D eigenvalue weighted by atomic mass is 10.0. The molecule has 9 heteroatoms. The highest BCUT2D eigenvalue weighted by atomic mass is 32.2. The van der Waals surface area contributed by atoms with Crippen molar-refractivity contribution in [3.8, 4) is 0 Å². The van der Waals surface area contributed by atoms with E-state index < -0.39 is 23.4 Å². The summed E-state index contributed by atoms with van der Waals surface area (Å²) in [6.45, 7) is 4.94. The molecular weight excluding hydrogens is 403 g/mol. The minimum atomic E-state index is -4.58. The van der Waals surface area contributed by atoms with E-state index in [0.717, 1.165) is 22.9 Å². The van der Waals surface area contributed by atoms with Gasteiger partial charge in [-0.25, -0.2) is 0 Å². The van der Waals surface area contributed by atoms with Crippen molar-refractivity contribution in [2.45, 2.75) is 38.2 Å². The van der Waals surface area contributed by atoms with Crippen LogP contribution in [0.5, 0.6) is 0 Å². The van der Waals surface area contributed by atoms with Crippen LogP contribution in [-0.4, -0.2) is 41.7 Å². The number of alkyl halides is 3. The van der Waals surface area contributed by atoms with Crippen molar-refractivity contribution in [1.29, 1.82) is 0 Å². The predicted molar refractivity (Wildman–Crippen MR) is 111 cm³/mol. The quantitative estimate of drug-likeness (QED) is 0.413. The first-order valence-corrected chi connectivity index (χ1v) is 9.64. The Balaban J connectivity index is 2.31. The zero-order valence-corrected chi connectivity index (χ0v) is 17.3. The van der Waals surface area contributed by atoms with E-state index in [-0.39, 0.29) is 5.04 Å². The molecule has 1 heterocycles. The van der Waals surface area contributed by atoms with Crippen molar-refractivity contribution in [2.75, 3.05) is 7.11 Å². The van der Waals surface area contributed by atoms with E-state index in [2.05, 4.69) is 20.3 Å². The van der Waals surface area contributed by atoms with E-state index in [1.807, 2.05) is 31.2 Å². The highest BCUT2D eigenvalue weighted by Gasteiger charge is 2.51. The Morgan fingerprint density at radius 3 is 2.72 bits per heavy atom. The van der Waals surface area contributed by atoms with E-state index in [0.29, 0.717) is 11.3 Å². The van der Waals surface area contributed by atoms with Gasteiger partial charge in [0.15, 0.2) is 6.04 Å². The molecule has 0 saturated heterocycles. The fraction of sp³-hybridized carbons (Fsp3) is 0.350. The maximum absolute atomic E-state index is 13.2. The molecule has 0 aliphatic carbocycles. The maximum atomic E-state index is 13.2. The Morgan fingerprint density at radius 2 is 2.10 bits per heavy atom. The molecule has 2 atom stereocenters. The van der Waals surface area contributed by atoms with Crippen molar-refractivity contribution >= 4 is 34.5 Å². The molecule has 2 rings (SSSR count). The lowest BCUT2D eigenvalue weighted by Crippen LogP contribution is -2.43. The van der Waals surface area contributed by atoms with Crippen molar-refractivity contribution in [3.05, 3.63) is 53.2 Å². The molecule has 0 spiro atoms. The number of halogens is 3. The van der Waals surface area contributed by atoms with Crippen LogP contribution in [0.2, 0.25) is 0 Å². The SMILES string of the molecule is C/C=C\C(=C(/C)NC(=O)C1SC(C)=NC1C(F)(F)F)c1cccc(/C=N/OC)c1. The molecule has 2 unspecified atom stereocenters. The maximum Gasteiger partial charge on any atom is 0.412 e. The summed E-state index contributed by atoms with van der Waals surface area (Å²) in [5.41, 5.74) is 2.68. The third kappa shape index (κ3) is 5.96. The van der Waals surface area contributed by atoms with Crippen LogP contribution in [-0.2, 0) is 9.63 Å². The Hall–Kier alpha value is -2.55. The number of thioether (sulfide) groups is 1. The fourth-order valence-electron chi connectivity index (χ4n) is 2.81. The van der Waals surface area contributed by atoms with Crippen LogP contribution in [0.1, 0.15) is 31.9 Å². The second kappa shape index (κ2) is 9.78. The Morgan fingerprint density at radius 1 is 1.38 bits per heavy atom.